The van der Waals surface area contributed by atoms with Crippen LogP contribution < -0.4 is 5.32 Å². The van der Waals surface area contributed by atoms with Crippen LogP contribution in [0.4, 0.5) is 0 Å². The maximum atomic E-state index is 3.71. The van der Waals surface area contributed by atoms with Gasteiger partial charge in [-0.15, -0.1) is 0 Å². The Bertz CT molecular complexity index is 448. The maximum Gasteiger partial charge on any atom is 0.0473 e. The fourth-order valence-corrected chi connectivity index (χ4v) is 3.05. The molecule has 2 rings (SSSR count). The maximum absolute atomic E-state index is 3.71. The normalized spacial score (nSPS) is 23.5. The molecule has 1 unspecified atom stereocenters. The summed E-state index contributed by atoms with van der Waals surface area (Å²) in [6.07, 6.45) is 0. The Labute approximate surface area is 130 Å². The van der Waals surface area contributed by atoms with Gasteiger partial charge in [-0.25, -0.2) is 0 Å². The van der Waals surface area contributed by atoms with Gasteiger partial charge in [0.1, 0.15) is 0 Å². The summed E-state index contributed by atoms with van der Waals surface area (Å²) in [4.78, 5) is 2.69. The molecule has 1 N–H and O–H groups in total. The van der Waals surface area contributed by atoms with Gasteiger partial charge in [0, 0.05) is 31.2 Å². The molecule has 0 saturated carbocycles. The predicted octanol–water partition coefficient (Wildman–Crippen LogP) is 4.09. The fraction of sp³-hybridized carbons (Fsp3) is 0.684. The highest BCUT2D eigenvalue weighted by Gasteiger charge is 2.36. The molecule has 0 aromatic heterocycles. The molecule has 1 fully saturated rings. The van der Waals surface area contributed by atoms with E-state index < -0.39 is 0 Å². The van der Waals surface area contributed by atoms with Crippen molar-refractivity contribution < 1.29 is 0 Å². The number of benzene rings is 1. The minimum absolute atomic E-state index is 0.193. The monoisotopic (exact) mass is 288 g/mol. The van der Waals surface area contributed by atoms with Crippen LogP contribution in [0.3, 0.4) is 0 Å². The Kier molecular flexibility index (Phi) is 4.79. The lowest BCUT2D eigenvalue weighted by Gasteiger charge is -2.48. The number of piperazine rings is 1. The molecule has 0 spiro atoms. The lowest BCUT2D eigenvalue weighted by atomic mass is 9.79. The minimum Gasteiger partial charge on any atom is -0.309 e. The van der Waals surface area contributed by atoms with Crippen LogP contribution in [0.1, 0.15) is 53.1 Å². The molecule has 1 atom stereocenters. The molecule has 1 aromatic rings. The van der Waals surface area contributed by atoms with E-state index in [-0.39, 0.29) is 5.54 Å². The summed E-state index contributed by atoms with van der Waals surface area (Å²) in [5.41, 5.74) is 1.96. The highest BCUT2D eigenvalue weighted by Crippen LogP contribution is 2.34. The van der Waals surface area contributed by atoms with E-state index in [2.05, 4.69) is 82.1 Å². The van der Waals surface area contributed by atoms with Crippen LogP contribution in [-0.4, -0.2) is 30.1 Å². The highest BCUT2D eigenvalue weighted by atomic mass is 15.3. The molecule has 1 heterocycles. The molecular weight excluding hydrogens is 256 g/mol. The molecule has 2 heteroatoms. The fourth-order valence-electron chi connectivity index (χ4n) is 3.05. The lowest BCUT2D eigenvalue weighted by Crippen LogP contribution is -2.59. The molecule has 1 saturated heterocycles. The van der Waals surface area contributed by atoms with Gasteiger partial charge in [-0.3, -0.25) is 4.90 Å². The van der Waals surface area contributed by atoms with Crippen LogP contribution >= 0.6 is 0 Å². The third kappa shape index (κ3) is 4.08. The second-order valence-electron chi connectivity index (χ2n) is 8.24. The molecular formula is C19H32N2. The van der Waals surface area contributed by atoms with Crippen LogP contribution in [0, 0.1) is 11.3 Å². The van der Waals surface area contributed by atoms with E-state index in [1.165, 1.54) is 5.56 Å². The van der Waals surface area contributed by atoms with E-state index in [0.717, 1.165) is 19.6 Å². The topological polar surface area (TPSA) is 15.3 Å². The molecule has 1 aliphatic heterocycles. The minimum atomic E-state index is 0.193. The van der Waals surface area contributed by atoms with Gasteiger partial charge in [-0.2, -0.15) is 0 Å². The highest BCUT2D eigenvalue weighted by molar-refractivity contribution is 5.21. The number of rotatable bonds is 4. The first-order valence-electron chi connectivity index (χ1n) is 8.25. The smallest absolute Gasteiger partial charge is 0.0473 e. The first-order valence-corrected chi connectivity index (χ1v) is 8.25. The molecule has 118 valence electrons. The predicted molar refractivity (Wildman–Crippen MR) is 91.5 cm³/mol. The van der Waals surface area contributed by atoms with Crippen molar-refractivity contribution in [3.8, 4) is 0 Å². The summed E-state index contributed by atoms with van der Waals surface area (Å²) >= 11 is 0. The first-order chi connectivity index (χ1) is 9.71. The Morgan fingerprint density at radius 1 is 1.24 bits per heavy atom. The van der Waals surface area contributed by atoms with Crippen LogP contribution in [0.15, 0.2) is 30.3 Å². The van der Waals surface area contributed by atoms with Gasteiger partial charge in [-0.05, 0) is 30.7 Å². The molecule has 0 amide bonds. The summed E-state index contributed by atoms with van der Waals surface area (Å²) in [5.74, 6) is 0.687. The van der Waals surface area contributed by atoms with Crippen LogP contribution in [0.2, 0.25) is 0 Å². The quantitative estimate of drug-likeness (QED) is 0.897. The van der Waals surface area contributed by atoms with Gasteiger partial charge in [0.2, 0.25) is 0 Å². The van der Waals surface area contributed by atoms with Crippen molar-refractivity contribution in [1.29, 1.82) is 0 Å². The molecule has 0 aliphatic carbocycles. The number of nitrogens with zero attached hydrogens (tertiary/aromatic N) is 1. The molecule has 2 nitrogen and oxygen atoms in total. The van der Waals surface area contributed by atoms with Crippen molar-refractivity contribution in [2.24, 2.45) is 11.3 Å². The third-order valence-corrected chi connectivity index (χ3v) is 5.17. The third-order valence-electron chi connectivity index (χ3n) is 5.17. The summed E-state index contributed by atoms with van der Waals surface area (Å²) in [7, 11) is 0. The zero-order valence-electron chi connectivity index (χ0n) is 14.6. The number of nitrogens with one attached hydrogen (secondary N) is 1. The van der Waals surface area contributed by atoms with Crippen molar-refractivity contribution in [2.45, 2.75) is 53.1 Å². The van der Waals surface area contributed by atoms with Crippen LogP contribution in [-0.2, 0) is 0 Å². The van der Waals surface area contributed by atoms with Crippen molar-refractivity contribution in [2.75, 3.05) is 19.6 Å². The average Bonchev–Trinajstić information content (AvgIpc) is 2.38. The number of hydrogen-bond acceptors (Lipinski definition) is 2. The molecule has 0 bridgehead atoms. The van der Waals surface area contributed by atoms with E-state index in [1.807, 2.05) is 0 Å². The van der Waals surface area contributed by atoms with Crippen molar-refractivity contribution >= 4 is 0 Å². The van der Waals surface area contributed by atoms with E-state index in [1.54, 1.807) is 0 Å². The van der Waals surface area contributed by atoms with E-state index >= 15 is 0 Å². The van der Waals surface area contributed by atoms with Gasteiger partial charge < -0.3 is 5.32 Å². The largest absolute Gasteiger partial charge is 0.309 e. The summed E-state index contributed by atoms with van der Waals surface area (Å²) < 4.78 is 0. The van der Waals surface area contributed by atoms with Crippen molar-refractivity contribution in [3.63, 3.8) is 0 Å². The lowest BCUT2D eigenvalue weighted by molar-refractivity contribution is 0.0425. The van der Waals surface area contributed by atoms with E-state index in [9.17, 15) is 0 Å². The summed E-state index contributed by atoms with van der Waals surface area (Å²) in [6.45, 7) is 17.4. The zero-order valence-corrected chi connectivity index (χ0v) is 14.6. The Balaban J connectivity index is 2.22. The van der Waals surface area contributed by atoms with Gasteiger partial charge in [0.25, 0.3) is 0 Å². The first kappa shape index (κ1) is 16.5. The Hall–Kier alpha value is -0.860. The van der Waals surface area contributed by atoms with Gasteiger partial charge in [0.05, 0.1) is 0 Å². The van der Waals surface area contributed by atoms with Gasteiger partial charge in [0.15, 0.2) is 0 Å². The van der Waals surface area contributed by atoms with E-state index in [0.29, 0.717) is 17.4 Å². The van der Waals surface area contributed by atoms with E-state index in [4.69, 9.17) is 0 Å². The van der Waals surface area contributed by atoms with Gasteiger partial charge >= 0.3 is 0 Å². The number of hydrogen-bond donors (Lipinski definition) is 1. The Morgan fingerprint density at radius 3 is 2.43 bits per heavy atom. The second kappa shape index (κ2) is 6.10. The Morgan fingerprint density at radius 2 is 1.86 bits per heavy atom. The van der Waals surface area contributed by atoms with Crippen LogP contribution in [0.5, 0.6) is 0 Å². The van der Waals surface area contributed by atoms with Gasteiger partial charge in [-0.1, -0.05) is 58.0 Å². The zero-order chi connectivity index (χ0) is 15.7. The molecule has 1 aliphatic rings. The summed E-state index contributed by atoms with van der Waals surface area (Å²) in [6, 6.07) is 11.4. The van der Waals surface area contributed by atoms with Crippen molar-refractivity contribution in [3.05, 3.63) is 35.9 Å². The molecule has 1 aromatic carbocycles. The second-order valence-corrected chi connectivity index (χ2v) is 8.24. The average molecular weight is 288 g/mol. The molecule has 21 heavy (non-hydrogen) atoms. The molecule has 0 radical (unpaired) electrons. The van der Waals surface area contributed by atoms with Crippen molar-refractivity contribution in [1.82, 2.24) is 10.2 Å². The standard InChI is InChI=1S/C19H32N2/c1-15(2)18(3,4)13-21-14-19(5,6)20-12-17(21)16-10-8-7-9-11-16/h7-11,15,17,20H,12-14H2,1-6H3. The van der Waals surface area contributed by atoms with Crippen LogP contribution in [0.25, 0.3) is 0 Å². The SMILES string of the molecule is CC(C)C(C)(C)CN1CC(C)(C)NCC1c1ccccc1. The summed E-state index contributed by atoms with van der Waals surface area (Å²) in [5, 5.41) is 3.71.